The number of nitrogens with one attached hydrogen (secondary N) is 1. The first-order chi connectivity index (χ1) is 7.95. The van der Waals surface area contributed by atoms with Crippen LogP contribution in [-0.2, 0) is 14.8 Å². The average Bonchev–Trinajstić information content (AvgIpc) is 2.28. The van der Waals surface area contributed by atoms with E-state index in [2.05, 4.69) is 9.71 Å². The Balaban J connectivity index is 2.76. The topological polar surface area (TPSA) is 126 Å². The number of sulfonamides is 1. The number of nitrogens with zero attached hydrogens (tertiary/aromatic N) is 2. The molecular formula is C9H10N4O3S. The molecule has 0 unspecified atom stereocenters. The van der Waals surface area contributed by atoms with Crippen LogP contribution >= 0.6 is 0 Å². The first-order valence-corrected chi connectivity index (χ1v) is 6.08. The van der Waals surface area contributed by atoms with Crippen LogP contribution in [0.1, 0.15) is 12.1 Å². The first kappa shape index (κ1) is 13.1. The summed E-state index contributed by atoms with van der Waals surface area (Å²) in [5.41, 5.74) is 5.00. The molecule has 0 fully saturated rings. The number of primary amides is 1. The highest BCUT2D eigenvalue weighted by atomic mass is 32.2. The fraction of sp³-hybridized carbons (Fsp3) is 0.222. The van der Waals surface area contributed by atoms with Gasteiger partial charge < -0.3 is 5.73 Å². The van der Waals surface area contributed by atoms with E-state index in [0.29, 0.717) is 0 Å². The van der Waals surface area contributed by atoms with Gasteiger partial charge in [0.25, 0.3) is 0 Å². The molecule has 1 heterocycles. The number of hydrogen-bond donors (Lipinski definition) is 2. The van der Waals surface area contributed by atoms with Crippen molar-refractivity contribution in [3.8, 4) is 6.07 Å². The standard InChI is InChI=1S/C9H10N4O3S/c10-5-7-1-2-8(6-12-7)17(15,16)13-4-3-9(11)14/h1-2,6,13H,3-4H2,(H2,11,14). The quantitative estimate of drug-likeness (QED) is 0.704. The number of nitrogens with two attached hydrogens (primary N) is 1. The van der Waals surface area contributed by atoms with Crippen molar-refractivity contribution >= 4 is 15.9 Å². The smallest absolute Gasteiger partial charge is 0.242 e. The molecule has 1 amide bonds. The maximum atomic E-state index is 11.6. The largest absolute Gasteiger partial charge is 0.370 e. The Morgan fingerprint density at radius 2 is 2.24 bits per heavy atom. The van der Waals surface area contributed by atoms with Gasteiger partial charge in [-0.2, -0.15) is 5.26 Å². The van der Waals surface area contributed by atoms with Gasteiger partial charge in [-0.05, 0) is 12.1 Å². The summed E-state index contributed by atoms with van der Waals surface area (Å²) in [5.74, 6) is -0.592. The molecule has 90 valence electrons. The van der Waals surface area contributed by atoms with E-state index < -0.39 is 15.9 Å². The molecule has 7 nitrogen and oxygen atoms in total. The normalized spacial score (nSPS) is 10.8. The molecule has 1 rings (SSSR count). The van der Waals surface area contributed by atoms with Crippen LogP contribution in [0.25, 0.3) is 0 Å². The summed E-state index contributed by atoms with van der Waals surface area (Å²) < 4.78 is 25.4. The molecule has 0 saturated carbocycles. The average molecular weight is 254 g/mol. The molecular weight excluding hydrogens is 244 g/mol. The van der Waals surface area contributed by atoms with Crippen molar-refractivity contribution in [2.24, 2.45) is 5.73 Å². The van der Waals surface area contributed by atoms with Gasteiger partial charge in [0.15, 0.2) is 0 Å². The Kier molecular flexibility index (Phi) is 4.14. The number of hydrogen-bond acceptors (Lipinski definition) is 5. The highest BCUT2D eigenvalue weighted by Gasteiger charge is 2.14. The zero-order valence-electron chi connectivity index (χ0n) is 8.75. The lowest BCUT2D eigenvalue weighted by atomic mass is 10.4. The van der Waals surface area contributed by atoms with Gasteiger partial charge in [0.2, 0.25) is 15.9 Å². The van der Waals surface area contributed by atoms with E-state index in [1.807, 2.05) is 0 Å². The minimum absolute atomic E-state index is 0.0685. The van der Waals surface area contributed by atoms with Crippen molar-refractivity contribution in [3.63, 3.8) is 0 Å². The van der Waals surface area contributed by atoms with E-state index in [4.69, 9.17) is 11.0 Å². The molecule has 1 aromatic rings. The molecule has 0 spiro atoms. The summed E-state index contributed by atoms with van der Waals surface area (Å²) >= 11 is 0. The van der Waals surface area contributed by atoms with Crippen molar-refractivity contribution < 1.29 is 13.2 Å². The molecule has 0 saturated heterocycles. The second-order valence-electron chi connectivity index (χ2n) is 3.11. The number of carbonyl (C=O) groups excluding carboxylic acids is 1. The van der Waals surface area contributed by atoms with Crippen LogP contribution in [0.15, 0.2) is 23.2 Å². The Bertz CT molecular complexity index is 545. The Morgan fingerprint density at radius 3 is 2.71 bits per heavy atom. The summed E-state index contributed by atoms with van der Waals surface area (Å²) in [5, 5.41) is 8.50. The molecule has 0 radical (unpaired) electrons. The summed E-state index contributed by atoms with van der Waals surface area (Å²) in [6, 6.07) is 4.33. The van der Waals surface area contributed by atoms with E-state index in [-0.39, 0.29) is 23.6 Å². The van der Waals surface area contributed by atoms with Gasteiger partial charge >= 0.3 is 0 Å². The van der Waals surface area contributed by atoms with Crippen molar-refractivity contribution in [2.45, 2.75) is 11.3 Å². The zero-order chi connectivity index (χ0) is 12.9. The van der Waals surface area contributed by atoms with Gasteiger partial charge in [-0.1, -0.05) is 0 Å². The van der Waals surface area contributed by atoms with E-state index in [0.717, 1.165) is 6.20 Å². The monoisotopic (exact) mass is 254 g/mol. The zero-order valence-corrected chi connectivity index (χ0v) is 9.57. The summed E-state index contributed by atoms with van der Waals surface area (Å²) in [4.78, 5) is 14.0. The fourth-order valence-electron chi connectivity index (χ4n) is 0.997. The molecule has 3 N–H and O–H groups in total. The highest BCUT2D eigenvalue weighted by Crippen LogP contribution is 2.06. The van der Waals surface area contributed by atoms with Crippen LogP contribution < -0.4 is 10.5 Å². The molecule has 0 aromatic carbocycles. The first-order valence-electron chi connectivity index (χ1n) is 4.60. The second-order valence-corrected chi connectivity index (χ2v) is 4.87. The lowest BCUT2D eigenvalue weighted by Crippen LogP contribution is -2.28. The van der Waals surface area contributed by atoms with E-state index in [1.54, 1.807) is 6.07 Å². The van der Waals surface area contributed by atoms with Crippen molar-refractivity contribution in [3.05, 3.63) is 24.0 Å². The van der Waals surface area contributed by atoms with Crippen molar-refractivity contribution in [1.82, 2.24) is 9.71 Å². The number of amides is 1. The maximum absolute atomic E-state index is 11.6. The minimum atomic E-state index is -3.71. The summed E-state index contributed by atoms with van der Waals surface area (Å²) in [6.07, 6.45) is 0.994. The molecule has 0 aliphatic heterocycles. The number of nitriles is 1. The lowest BCUT2D eigenvalue weighted by Gasteiger charge is -2.04. The third kappa shape index (κ3) is 3.82. The van der Waals surface area contributed by atoms with Gasteiger partial charge in [0.05, 0.1) is 0 Å². The summed E-state index contributed by atoms with van der Waals surface area (Å²) in [6.45, 7) is -0.0718. The number of aromatic nitrogens is 1. The lowest BCUT2D eigenvalue weighted by molar-refractivity contribution is -0.117. The molecule has 1 aromatic heterocycles. The van der Waals surface area contributed by atoms with Gasteiger partial charge in [0, 0.05) is 19.2 Å². The molecule has 0 bridgehead atoms. The van der Waals surface area contributed by atoms with Crippen LogP contribution in [0.5, 0.6) is 0 Å². The third-order valence-electron chi connectivity index (χ3n) is 1.82. The second kappa shape index (κ2) is 5.38. The molecule has 0 aliphatic rings. The number of rotatable bonds is 5. The fourth-order valence-corrected chi connectivity index (χ4v) is 1.97. The van der Waals surface area contributed by atoms with Crippen LogP contribution in [0.2, 0.25) is 0 Å². The molecule has 17 heavy (non-hydrogen) atoms. The Labute approximate surface area is 98.3 Å². The van der Waals surface area contributed by atoms with Crippen LogP contribution in [0.3, 0.4) is 0 Å². The van der Waals surface area contributed by atoms with E-state index in [9.17, 15) is 13.2 Å². The van der Waals surface area contributed by atoms with Crippen LogP contribution in [-0.4, -0.2) is 25.9 Å². The third-order valence-corrected chi connectivity index (χ3v) is 3.27. The van der Waals surface area contributed by atoms with E-state index in [1.165, 1.54) is 12.1 Å². The SMILES string of the molecule is N#Cc1ccc(S(=O)(=O)NCCC(N)=O)cn1. The Hall–Kier alpha value is -1.98. The number of carbonyl (C=O) groups is 1. The van der Waals surface area contributed by atoms with Gasteiger partial charge in [-0.3, -0.25) is 4.79 Å². The number of pyridine rings is 1. The predicted octanol–water partition coefficient (Wildman–Crippen LogP) is -0.893. The molecule has 0 atom stereocenters. The van der Waals surface area contributed by atoms with Gasteiger partial charge in [-0.15, -0.1) is 0 Å². The van der Waals surface area contributed by atoms with Crippen molar-refractivity contribution in [1.29, 1.82) is 5.26 Å². The molecule has 8 heteroatoms. The maximum Gasteiger partial charge on any atom is 0.242 e. The van der Waals surface area contributed by atoms with E-state index >= 15 is 0 Å². The minimum Gasteiger partial charge on any atom is -0.370 e. The van der Waals surface area contributed by atoms with Crippen molar-refractivity contribution in [2.75, 3.05) is 6.54 Å². The predicted molar refractivity (Wildman–Crippen MR) is 58.0 cm³/mol. The van der Waals surface area contributed by atoms with Crippen LogP contribution in [0.4, 0.5) is 0 Å². The molecule has 0 aliphatic carbocycles. The Morgan fingerprint density at radius 1 is 1.53 bits per heavy atom. The summed E-state index contributed by atoms with van der Waals surface area (Å²) in [7, 11) is -3.71. The van der Waals surface area contributed by atoms with Gasteiger partial charge in [-0.25, -0.2) is 18.1 Å². The van der Waals surface area contributed by atoms with Gasteiger partial charge in [0.1, 0.15) is 16.7 Å². The van der Waals surface area contributed by atoms with Crippen LogP contribution in [0, 0.1) is 11.3 Å². The highest BCUT2D eigenvalue weighted by molar-refractivity contribution is 7.89.